The van der Waals surface area contributed by atoms with Crippen LogP contribution in [0.5, 0.6) is 0 Å². The minimum atomic E-state index is -4.58. The number of aromatic nitrogens is 1. The van der Waals surface area contributed by atoms with Crippen molar-refractivity contribution in [1.82, 2.24) is 3.97 Å². The van der Waals surface area contributed by atoms with Gasteiger partial charge in [-0.3, -0.25) is 0 Å². The van der Waals surface area contributed by atoms with Gasteiger partial charge in [-0.05, 0) is 78.4 Å². The fraction of sp³-hybridized carbons (Fsp3) is 0.250. The quantitative estimate of drug-likeness (QED) is 0.273. The average Bonchev–Trinajstić information content (AvgIpc) is 3.20. The molecule has 1 N–H and O–H groups in total. The Kier molecular flexibility index (Phi) is 7.19. The van der Waals surface area contributed by atoms with Crippen molar-refractivity contribution in [3.05, 3.63) is 101 Å². The third-order valence-electron chi connectivity index (χ3n) is 6.21. The zero-order chi connectivity index (χ0) is 27.0. The molecule has 9 heteroatoms. The Labute approximate surface area is 213 Å². The number of nitrogens with zero attached hydrogens (tertiary/aromatic N) is 1. The summed E-state index contributed by atoms with van der Waals surface area (Å²) >= 11 is 0. The minimum Gasteiger partial charge on any atom is -0.478 e. The molecule has 0 fully saturated rings. The zero-order valence-corrected chi connectivity index (χ0v) is 21.1. The molecule has 0 aliphatic heterocycles. The van der Waals surface area contributed by atoms with E-state index in [1.54, 1.807) is 24.3 Å². The lowest BCUT2D eigenvalue weighted by atomic mass is 10.0. The molecule has 0 amide bonds. The molecule has 0 spiro atoms. The summed E-state index contributed by atoms with van der Waals surface area (Å²) in [5.41, 5.74) is 1.21. The smallest absolute Gasteiger partial charge is 0.416 e. The van der Waals surface area contributed by atoms with Crippen molar-refractivity contribution in [3.8, 4) is 0 Å². The molecular formula is C28H26F3NO4S. The summed E-state index contributed by atoms with van der Waals surface area (Å²) in [6.07, 6.45) is -2.74. The van der Waals surface area contributed by atoms with Gasteiger partial charge in [0.15, 0.2) is 0 Å². The molecule has 0 atom stereocenters. The van der Waals surface area contributed by atoms with Gasteiger partial charge < -0.3 is 5.11 Å². The summed E-state index contributed by atoms with van der Waals surface area (Å²) in [5, 5.41) is 9.28. The van der Waals surface area contributed by atoms with Gasteiger partial charge in [-0.15, -0.1) is 0 Å². The van der Waals surface area contributed by atoms with Crippen LogP contribution in [-0.2, 0) is 29.0 Å². The van der Waals surface area contributed by atoms with Gasteiger partial charge in [-0.25, -0.2) is 17.2 Å². The number of hydrogen-bond acceptors (Lipinski definition) is 3. The van der Waals surface area contributed by atoms with Crippen LogP contribution in [0, 0.1) is 5.92 Å². The topological polar surface area (TPSA) is 76.4 Å². The first-order chi connectivity index (χ1) is 17.4. The number of hydrogen-bond donors (Lipinski definition) is 1. The van der Waals surface area contributed by atoms with Gasteiger partial charge in [0.25, 0.3) is 10.0 Å². The van der Waals surface area contributed by atoms with Crippen LogP contribution in [0.15, 0.2) is 77.7 Å². The summed E-state index contributed by atoms with van der Waals surface area (Å²) in [5.74, 6) is -0.594. The zero-order valence-electron chi connectivity index (χ0n) is 20.3. The lowest BCUT2D eigenvalue weighted by molar-refractivity contribution is -0.137. The highest BCUT2D eigenvalue weighted by molar-refractivity contribution is 7.90. The van der Waals surface area contributed by atoms with E-state index in [2.05, 4.69) is 13.8 Å². The van der Waals surface area contributed by atoms with Crippen LogP contribution in [0.1, 0.15) is 53.0 Å². The number of carboxylic acids is 1. The summed E-state index contributed by atoms with van der Waals surface area (Å²) in [6.45, 7) is 4.22. The number of halogens is 3. The maximum absolute atomic E-state index is 13.8. The maximum atomic E-state index is 13.8. The molecule has 4 rings (SSSR count). The molecule has 0 radical (unpaired) electrons. The lowest BCUT2D eigenvalue weighted by Crippen LogP contribution is -2.16. The maximum Gasteiger partial charge on any atom is 0.416 e. The SMILES string of the molecule is CC(C)CCc1ccc(S(=O)(=O)n2c(Cc3ccc(C(=O)O)cc3)cc3cc(C(F)(F)F)ccc32)cc1. The Morgan fingerprint density at radius 1 is 0.919 bits per heavy atom. The van der Waals surface area contributed by atoms with Crippen LogP contribution < -0.4 is 0 Å². The molecule has 1 heterocycles. The van der Waals surface area contributed by atoms with Crippen LogP contribution in [-0.4, -0.2) is 23.5 Å². The van der Waals surface area contributed by atoms with Gasteiger partial charge in [0, 0.05) is 17.5 Å². The van der Waals surface area contributed by atoms with Crippen molar-refractivity contribution in [1.29, 1.82) is 0 Å². The number of alkyl halides is 3. The van der Waals surface area contributed by atoms with Gasteiger partial charge in [0.1, 0.15) is 0 Å². The number of carbonyl (C=O) groups is 1. The monoisotopic (exact) mass is 529 g/mol. The van der Waals surface area contributed by atoms with Gasteiger partial charge in [0.05, 0.1) is 21.5 Å². The molecule has 37 heavy (non-hydrogen) atoms. The second-order valence-electron chi connectivity index (χ2n) is 9.43. The Hall–Kier alpha value is -3.59. The van der Waals surface area contributed by atoms with Crippen molar-refractivity contribution < 1.29 is 31.5 Å². The van der Waals surface area contributed by atoms with E-state index >= 15 is 0 Å². The van der Waals surface area contributed by atoms with Crippen LogP contribution in [0.4, 0.5) is 13.2 Å². The van der Waals surface area contributed by atoms with E-state index in [0.29, 0.717) is 11.5 Å². The molecule has 0 saturated heterocycles. The number of aryl methyl sites for hydroxylation is 1. The largest absolute Gasteiger partial charge is 0.478 e. The van der Waals surface area contributed by atoms with Gasteiger partial charge in [-0.1, -0.05) is 38.1 Å². The summed E-state index contributed by atoms with van der Waals surface area (Å²) in [4.78, 5) is 11.2. The highest BCUT2D eigenvalue weighted by Crippen LogP contribution is 2.34. The number of benzene rings is 3. The van der Waals surface area contributed by atoms with Crippen LogP contribution in [0.25, 0.3) is 10.9 Å². The molecule has 5 nitrogen and oxygen atoms in total. The molecule has 1 aromatic heterocycles. The first kappa shape index (κ1) is 26.5. The molecule has 0 bridgehead atoms. The third kappa shape index (κ3) is 5.72. The molecule has 0 aliphatic rings. The second kappa shape index (κ2) is 10.0. The van der Waals surface area contributed by atoms with Crippen LogP contribution in [0.3, 0.4) is 0 Å². The van der Waals surface area contributed by atoms with E-state index in [0.717, 1.165) is 34.5 Å². The number of fused-ring (bicyclic) bond motifs is 1. The molecular weight excluding hydrogens is 503 g/mol. The summed E-state index contributed by atoms with van der Waals surface area (Å²) in [6, 6.07) is 16.9. The number of carboxylic acid groups (broad SMARTS) is 1. The van der Waals surface area contributed by atoms with E-state index in [9.17, 15) is 26.4 Å². The Bertz CT molecular complexity index is 1540. The van der Waals surface area contributed by atoms with E-state index in [-0.39, 0.29) is 33.5 Å². The number of aromatic carboxylic acids is 1. The Balaban J connectivity index is 1.81. The average molecular weight is 530 g/mol. The normalized spacial score (nSPS) is 12.4. The molecule has 3 aromatic carbocycles. The van der Waals surface area contributed by atoms with Crippen molar-refractivity contribution in [3.63, 3.8) is 0 Å². The highest BCUT2D eigenvalue weighted by atomic mass is 32.2. The molecule has 0 aliphatic carbocycles. The molecule has 194 valence electrons. The Morgan fingerprint density at radius 3 is 2.11 bits per heavy atom. The molecule has 0 saturated carbocycles. The van der Waals surface area contributed by atoms with Crippen molar-refractivity contribution in [2.24, 2.45) is 5.92 Å². The van der Waals surface area contributed by atoms with Gasteiger partial charge in [0.2, 0.25) is 0 Å². The van der Waals surface area contributed by atoms with E-state index in [4.69, 9.17) is 5.11 Å². The summed E-state index contributed by atoms with van der Waals surface area (Å²) < 4.78 is 68.7. The van der Waals surface area contributed by atoms with Gasteiger partial charge in [-0.2, -0.15) is 13.2 Å². The van der Waals surface area contributed by atoms with E-state index in [1.165, 1.54) is 36.4 Å². The van der Waals surface area contributed by atoms with Crippen molar-refractivity contribution >= 4 is 26.9 Å². The fourth-order valence-electron chi connectivity index (χ4n) is 4.19. The van der Waals surface area contributed by atoms with Crippen LogP contribution >= 0.6 is 0 Å². The van der Waals surface area contributed by atoms with Gasteiger partial charge >= 0.3 is 12.1 Å². The Morgan fingerprint density at radius 2 is 1.54 bits per heavy atom. The minimum absolute atomic E-state index is 0.0284. The standard InChI is InChI=1S/C28H26F3NO4S/c1-18(2)3-4-19-7-12-25(13-8-19)37(35,36)32-24(15-20-5-9-21(10-6-20)27(33)34)17-22-16-23(28(29,30)31)11-14-26(22)32/h5-14,16-18H,3-4,15H2,1-2H3,(H,33,34). The molecule has 4 aromatic rings. The predicted octanol–water partition coefficient (Wildman–Crippen LogP) is 6.77. The van der Waals surface area contributed by atoms with Crippen molar-refractivity contribution in [2.75, 3.05) is 0 Å². The number of rotatable bonds is 8. The van der Waals surface area contributed by atoms with E-state index in [1.807, 2.05) is 0 Å². The van der Waals surface area contributed by atoms with E-state index < -0.39 is 27.7 Å². The highest BCUT2D eigenvalue weighted by Gasteiger charge is 2.32. The first-order valence-electron chi connectivity index (χ1n) is 11.7. The fourth-order valence-corrected chi connectivity index (χ4v) is 5.74. The predicted molar refractivity (Wildman–Crippen MR) is 135 cm³/mol. The second-order valence-corrected chi connectivity index (χ2v) is 11.2. The molecule has 0 unspecified atom stereocenters. The van der Waals surface area contributed by atoms with Crippen LogP contribution in [0.2, 0.25) is 0 Å². The van der Waals surface area contributed by atoms with Crippen molar-refractivity contribution in [2.45, 2.75) is 44.2 Å². The first-order valence-corrected chi connectivity index (χ1v) is 13.2. The lowest BCUT2D eigenvalue weighted by Gasteiger charge is -2.14. The summed E-state index contributed by atoms with van der Waals surface area (Å²) in [7, 11) is -4.15. The third-order valence-corrected chi connectivity index (χ3v) is 7.99.